The van der Waals surface area contributed by atoms with Crippen molar-refractivity contribution >= 4 is 28.2 Å². The molecule has 0 aliphatic heterocycles. The predicted molar refractivity (Wildman–Crippen MR) is 78.4 cm³/mol. The van der Waals surface area contributed by atoms with Gasteiger partial charge in [-0.15, -0.1) is 0 Å². The van der Waals surface area contributed by atoms with Crippen LogP contribution in [0, 0.1) is 17.5 Å². The minimum atomic E-state index is 0.897. The Bertz CT molecular complexity index is 719. The molecule has 0 aliphatic rings. The number of nitrogens with zero attached hydrogens (tertiary/aromatic N) is 4. The molecule has 0 aliphatic carbocycles. The highest BCUT2D eigenvalue weighted by atomic mass is 127. The van der Waals surface area contributed by atoms with E-state index >= 15 is 0 Å². The molecule has 0 fully saturated rings. The molecule has 3 heterocycles. The smallest absolute Gasteiger partial charge is 0.162 e. The Morgan fingerprint density at radius 3 is 2.61 bits per heavy atom. The number of fused-ring (bicyclic) bond motifs is 1. The van der Waals surface area contributed by atoms with Crippen LogP contribution < -0.4 is 0 Å². The number of aromatic nitrogens is 4. The van der Waals surface area contributed by atoms with Gasteiger partial charge >= 0.3 is 0 Å². The van der Waals surface area contributed by atoms with Crippen molar-refractivity contribution in [3.63, 3.8) is 0 Å². The van der Waals surface area contributed by atoms with Crippen LogP contribution in [0.15, 0.2) is 30.6 Å². The summed E-state index contributed by atoms with van der Waals surface area (Å²) in [7, 11) is 0. The van der Waals surface area contributed by atoms with E-state index in [4.69, 9.17) is 0 Å². The van der Waals surface area contributed by atoms with E-state index in [1.807, 2.05) is 30.5 Å². The zero-order valence-electron chi connectivity index (χ0n) is 10.1. The Hall–Kier alpha value is -1.50. The minimum absolute atomic E-state index is 0.897. The number of hydrogen-bond donors (Lipinski definition) is 0. The van der Waals surface area contributed by atoms with Gasteiger partial charge in [-0.05, 0) is 60.2 Å². The zero-order chi connectivity index (χ0) is 12.7. The van der Waals surface area contributed by atoms with Crippen molar-refractivity contribution in [2.75, 3.05) is 0 Å². The van der Waals surface area contributed by atoms with Gasteiger partial charge < -0.3 is 0 Å². The molecular weight excluding hydrogens is 339 g/mol. The first-order valence-corrected chi connectivity index (χ1v) is 6.67. The van der Waals surface area contributed by atoms with Crippen LogP contribution >= 0.6 is 22.6 Å². The highest BCUT2D eigenvalue weighted by Gasteiger charge is 2.13. The summed E-state index contributed by atoms with van der Waals surface area (Å²) in [6.45, 7) is 4.00. The first kappa shape index (κ1) is 11.6. The van der Waals surface area contributed by atoms with Crippen LogP contribution in [0.2, 0.25) is 0 Å². The van der Waals surface area contributed by atoms with Crippen molar-refractivity contribution in [2.45, 2.75) is 13.8 Å². The van der Waals surface area contributed by atoms with Crippen molar-refractivity contribution < 1.29 is 0 Å². The quantitative estimate of drug-likeness (QED) is 0.634. The van der Waals surface area contributed by atoms with E-state index in [1.165, 1.54) is 0 Å². The highest BCUT2D eigenvalue weighted by molar-refractivity contribution is 14.1. The van der Waals surface area contributed by atoms with Crippen molar-refractivity contribution in [1.29, 1.82) is 0 Å². The molecule has 0 unspecified atom stereocenters. The minimum Gasteiger partial charge on any atom is -0.265 e. The first-order valence-electron chi connectivity index (χ1n) is 5.59. The van der Waals surface area contributed by atoms with Gasteiger partial charge in [-0.25, -0.2) is 9.50 Å². The van der Waals surface area contributed by atoms with Crippen LogP contribution in [-0.2, 0) is 0 Å². The van der Waals surface area contributed by atoms with E-state index in [2.05, 4.69) is 43.7 Å². The van der Waals surface area contributed by atoms with Gasteiger partial charge in [0, 0.05) is 18.0 Å². The Morgan fingerprint density at radius 1 is 1.17 bits per heavy atom. The number of pyridine rings is 1. The summed E-state index contributed by atoms with van der Waals surface area (Å²) in [4.78, 5) is 8.65. The third-order valence-corrected chi connectivity index (χ3v) is 4.04. The molecule has 4 nitrogen and oxygen atoms in total. The first-order chi connectivity index (χ1) is 8.66. The summed E-state index contributed by atoms with van der Waals surface area (Å²) in [5.74, 6) is 0. The van der Waals surface area contributed by atoms with Gasteiger partial charge in [0.05, 0.1) is 11.4 Å². The molecule has 0 saturated heterocycles. The van der Waals surface area contributed by atoms with E-state index in [0.29, 0.717) is 0 Å². The van der Waals surface area contributed by atoms with E-state index in [-0.39, 0.29) is 0 Å². The number of aryl methyl sites for hydroxylation is 2. The van der Waals surface area contributed by atoms with Gasteiger partial charge in [-0.2, -0.15) is 5.10 Å². The normalized spacial score (nSPS) is 11.1. The number of rotatable bonds is 1. The Balaban J connectivity index is 2.39. The van der Waals surface area contributed by atoms with E-state index in [1.54, 1.807) is 12.4 Å². The molecular formula is C13H11IN4. The molecule has 0 bridgehead atoms. The molecule has 3 rings (SSSR count). The number of halogens is 1. The van der Waals surface area contributed by atoms with Gasteiger partial charge in [-0.3, -0.25) is 4.98 Å². The van der Waals surface area contributed by atoms with Crippen LogP contribution in [0.25, 0.3) is 16.8 Å². The van der Waals surface area contributed by atoms with Gasteiger partial charge in [0.2, 0.25) is 0 Å². The van der Waals surface area contributed by atoms with Gasteiger partial charge in [0.15, 0.2) is 5.65 Å². The average Bonchev–Trinajstić information content (AvgIpc) is 2.66. The van der Waals surface area contributed by atoms with Crippen molar-refractivity contribution in [1.82, 2.24) is 19.6 Å². The number of imidazole rings is 1. The third-order valence-electron chi connectivity index (χ3n) is 2.80. The summed E-state index contributed by atoms with van der Waals surface area (Å²) < 4.78 is 2.96. The molecule has 0 radical (unpaired) electrons. The second kappa shape index (κ2) is 4.31. The molecule has 3 aromatic heterocycles. The lowest BCUT2D eigenvalue weighted by Crippen LogP contribution is -1.98. The van der Waals surface area contributed by atoms with Crippen molar-refractivity contribution in [3.8, 4) is 11.1 Å². The van der Waals surface area contributed by atoms with Crippen LogP contribution in [-0.4, -0.2) is 19.6 Å². The SMILES string of the molecule is Cc1cc(-c2ccncc2)c2nc(C)c(I)n2n1. The molecule has 0 spiro atoms. The maximum atomic E-state index is 4.60. The van der Waals surface area contributed by atoms with Crippen molar-refractivity contribution in [2.24, 2.45) is 0 Å². The Labute approximate surface area is 118 Å². The second-order valence-electron chi connectivity index (χ2n) is 4.16. The third kappa shape index (κ3) is 1.78. The number of hydrogen-bond acceptors (Lipinski definition) is 3. The van der Waals surface area contributed by atoms with E-state index in [0.717, 1.165) is 31.9 Å². The van der Waals surface area contributed by atoms with E-state index < -0.39 is 0 Å². The van der Waals surface area contributed by atoms with Crippen LogP contribution in [0.5, 0.6) is 0 Å². The lowest BCUT2D eigenvalue weighted by Gasteiger charge is -2.05. The largest absolute Gasteiger partial charge is 0.265 e. The highest BCUT2D eigenvalue weighted by Crippen LogP contribution is 2.25. The van der Waals surface area contributed by atoms with Gasteiger partial charge in [0.25, 0.3) is 0 Å². The maximum Gasteiger partial charge on any atom is 0.162 e. The van der Waals surface area contributed by atoms with Crippen LogP contribution in [0.4, 0.5) is 0 Å². The molecule has 90 valence electrons. The molecule has 0 atom stereocenters. The lowest BCUT2D eigenvalue weighted by molar-refractivity contribution is 0.881. The monoisotopic (exact) mass is 350 g/mol. The van der Waals surface area contributed by atoms with E-state index in [9.17, 15) is 0 Å². The lowest BCUT2D eigenvalue weighted by atomic mass is 10.1. The molecule has 0 amide bonds. The summed E-state index contributed by atoms with van der Waals surface area (Å²) >= 11 is 2.28. The molecule has 18 heavy (non-hydrogen) atoms. The summed E-state index contributed by atoms with van der Waals surface area (Å²) in [5.41, 5.74) is 5.08. The second-order valence-corrected chi connectivity index (χ2v) is 5.18. The summed E-state index contributed by atoms with van der Waals surface area (Å²) in [6, 6.07) is 6.05. The van der Waals surface area contributed by atoms with Gasteiger partial charge in [0.1, 0.15) is 3.70 Å². The standard InChI is InChI=1S/C13H11IN4/c1-8-7-11(10-3-5-15-6-4-10)13-16-9(2)12(14)18(13)17-8/h3-7H,1-2H3. The fourth-order valence-corrected chi connectivity index (χ4v) is 2.43. The Morgan fingerprint density at radius 2 is 1.89 bits per heavy atom. The topological polar surface area (TPSA) is 43.1 Å². The van der Waals surface area contributed by atoms with Crippen molar-refractivity contribution in [3.05, 3.63) is 45.7 Å². The molecule has 3 aromatic rings. The zero-order valence-corrected chi connectivity index (χ0v) is 12.2. The van der Waals surface area contributed by atoms with Crippen LogP contribution in [0.3, 0.4) is 0 Å². The molecule has 0 saturated carbocycles. The van der Waals surface area contributed by atoms with Crippen LogP contribution in [0.1, 0.15) is 11.4 Å². The summed E-state index contributed by atoms with van der Waals surface area (Å²) in [6.07, 6.45) is 3.59. The maximum absolute atomic E-state index is 4.60. The predicted octanol–water partition coefficient (Wildman–Crippen LogP) is 3.01. The molecule has 0 N–H and O–H groups in total. The fourth-order valence-electron chi connectivity index (χ4n) is 1.97. The summed E-state index contributed by atoms with van der Waals surface area (Å²) in [5, 5.41) is 4.51. The molecule has 5 heteroatoms. The fraction of sp³-hybridized carbons (Fsp3) is 0.154. The van der Waals surface area contributed by atoms with Gasteiger partial charge in [-0.1, -0.05) is 0 Å². The Kier molecular flexibility index (Phi) is 2.77. The average molecular weight is 350 g/mol. The molecule has 0 aromatic carbocycles.